The molecule has 1 N–H and O–H groups in total. The molecule has 6 nitrogen and oxygen atoms in total. The molecule has 126 valence electrons. The Kier molecular flexibility index (Phi) is 5.47. The Morgan fingerprint density at radius 2 is 2.21 bits per heavy atom. The summed E-state index contributed by atoms with van der Waals surface area (Å²) in [5.41, 5.74) is 0.151. The Morgan fingerprint density at radius 1 is 1.46 bits per heavy atom. The van der Waals surface area contributed by atoms with Crippen LogP contribution in [0.25, 0.3) is 11.1 Å². The fourth-order valence-corrected chi connectivity index (χ4v) is 2.00. The molecule has 0 aliphatic heterocycles. The highest BCUT2D eigenvalue weighted by Crippen LogP contribution is 2.13. The van der Waals surface area contributed by atoms with Crippen LogP contribution in [0.3, 0.4) is 0 Å². The Bertz CT molecular complexity index is 938. The van der Waals surface area contributed by atoms with Gasteiger partial charge in [-0.3, -0.25) is 9.78 Å². The van der Waals surface area contributed by atoms with Crippen molar-refractivity contribution in [1.29, 1.82) is 0 Å². The first-order chi connectivity index (χ1) is 11.4. The van der Waals surface area contributed by atoms with Crippen LogP contribution in [0, 0.1) is 0 Å². The minimum atomic E-state index is -0.579. The van der Waals surface area contributed by atoms with Crippen molar-refractivity contribution >= 4 is 11.1 Å². The van der Waals surface area contributed by atoms with Gasteiger partial charge in [-0.05, 0) is 36.6 Å². The molecular formula is C17H17FN2O4. The number of ether oxygens (including phenoxy) is 1. The van der Waals surface area contributed by atoms with E-state index in [0.717, 1.165) is 6.08 Å². The number of H-pyrrole nitrogens is 1. The summed E-state index contributed by atoms with van der Waals surface area (Å²) in [5, 5.41) is 0.229. The van der Waals surface area contributed by atoms with Gasteiger partial charge in [-0.2, -0.15) is 4.98 Å². The molecule has 0 aromatic carbocycles. The number of halogens is 1. The van der Waals surface area contributed by atoms with Gasteiger partial charge in [0.05, 0.1) is 0 Å². The number of nitrogens with one attached hydrogen (secondary N) is 1. The summed E-state index contributed by atoms with van der Waals surface area (Å²) in [4.78, 5) is 30.2. The number of aromatic amines is 1. The predicted octanol–water partition coefficient (Wildman–Crippen LogP) is 2.80. The van der Waals surface area contributed by atoms with Gasteiger partial charge in [0.1, 0.15) is 17.8 Å². The third kappa shape index (κ3) is 4.07. The minimum absolute atomic E-state index is 0.0719. The smallest absolute Gasteiger partial charge is 0.337 e. The summed E-state index contributed by atoms with van der Waals surface area (Å²) < 4.78 is 23.3. The molecule has 0 unspecified atom stereocenters. The Balaban J connectivity index is 2.30. The lowest BCUT2D eigenvalue weighted by Gasteiger charge is -2.06. The van der Waals surface area contributed by atoms with Gasteiger partial charge in [0.15, 0.2) is 0 Å². The van der Waals surface area contributed by atoms with E-state index in [0.29, 0.717) is 17.6 Å². The lowest BCUT2D eigenvalue weighted by Crippen LogP contribution is -2.15. The topological polar surface area (TPSA) is 85.2 Å². The Morgan fingerprint density at radius 3 is 2.88 bits per heavy atom. The van der Waals surface area contributed by atoms with Crippen molar-refractivity contribution in [1.82, 2.24) is 9.97 Å². The molecule has 0 amide bonds. The molecule has 7 heteroatoms. The van der Waals surface area contributed by atoms with Crippen LogP contribution < -0.4 is 15.9 Å². The molecule has 0 aliphatic rings. The number of hydrogen-bond acceptors (Lipinski definition) is 5. The van der Waals surface area contributed by atoms with E-state index in [9.17, 15) is 14.0 Å². The van der Waals surface area contributed by atoms with Crippen molar-refractivity contribution in [2.24, 2.45) is 0 Å². The third-order valence-electron chi connectivity index (χ3n) is 3.21. The van der Waals surface area contributed by atoms with E-state index in [4.69, 9.17) is 9.15 Å². The monoisotopic (exact) mass is 332 g/mol. The van der Waals surface area contributed by atoms with Crippen LogP contribution in [0.4, 0.5) is 4.39 Å². The van der Waals surface area contributed by atoms with Crippen LogP contribution >= 0.6 is 0 Å². The third-order valence-corrected chi connectivity index (χ3v) is 3.21. The van der Waals surface area contributed by atoms with Gasteiger partial charge in [0.2, 0.25) is 5.71 Å². The second-order valence-electron chi connectivity index (χ2n) is 5.05. The van der Waals surface area contributed by atoms with Gasteiger partial charge >= 0.3 is 5.63 Å². The largest absolute Gasteiger partial charge is 0.460 e. The predicted molar refractivity (Wildman–Crippen MR) is 88.9 cm³/mol. The van der Waals surface area contributed by atoms with Crippen LogP contribution in [0.5, 0.6) is 6.01 Å². The summed E-state index contributed by atoms with van der Waals surface area (Å²) in [7, 11) is 0. The highest BCUT2D eigenvalue weighted by Gasteiger charge is 2.12. The number of fused-ring (bicyclic) bond motifs is 1. The van der Waals surface area contributed by atoms with Crippen LogP contribution in [0.2, 0.25) is 0 Å². The molecule has 0 spiro atoms. The SMILES string of the molecule is C=C/C(F)=C\C=C(/C)COc1nc2oc(=O)cc(CC)c2c(=O)[nH]1. The molecule has 0 aliphatic carbocycles. The molecule has 0 saturated carbocycles. The van der Waals surface area contributed by atoms with E-state index in [1.54, 1.807) is 6.92 Å². The van der Waals surface area contributed by atoms with Crippen LogP contribution in [-0.4, -0.2) is 16.6 Å². The van der Waals surface area contributed by atoms with Crippen LogP contribution in [-0.2, 0) is 6.42 Å². The zero-order valence-electron chi connectivity index (χ0n) is 13.4. The van der Waals surface area contributed by atoms with E-state index >= 15 is 0 Å². The maximum atomic E-state index is 12.9. The zero-order valence-corrected chi connectivity index (χ0v) is 13.4. The highest BCUT2D eigenvalue weighted by atomic mass is 19.1. The average molecular weight is 332 g/mol. The summed E-state index contributed by atoms with van der Waals surface area (Å²) in [5.74, 6) is -0.472. The molecule has 2 rings (SSSR count). The molecule has 24 heavy (non-hydrogen) atoms. The van der Waals surface area contributed by atoms with Crippen molar-refractivity contribution in [2.75, 3.05) is 6.61 Å². The maximum Gasteiger partial charge on any atom is 0.337 e. The molecule has 0 fully saturated rings. The molecule has 2 aromatic rings. The lowest BCUT2D eigenvalue weighted by molar-refractivity contribution is 0.321. The van der Waals surface area contributed by atoms with Crippen LogP contribution in [0.1, 0.15) is 19.4 Å². The van der Waals surface area contributed by atoms with E-state index in [2.05, 4.69) is 16.5 Å². The van der Waals surface area contributed by atoms with Gasteiger partial charge < -0.3 is 9.15 Å². The van der Waals surface area contributed by atoms with E-state index in [1.165, 1.54) is 18.2 Å². The zero-order chi connectivity index (χ0) is 17.7. The van der Waals surface area contributed by atoms with E-state index in [1.807, 2.05) is 6.92 Å². The number of allylic oxidation sites excluding steroid dienone is 4. The summed E-state index contributed by atoms with van der Waals surface area (Å²) in [6.45, 7) is 6.92. The first kappa shape index (κ1) is 17.4. The maximum absolute atomic E-state index is 12.9. The van der Waals surface area contributed by atoms with Crippen LogP contribution in [0.15, 0.2) is 56.3 Å². The van der Waals surface area contributed by atoms with Crippen molar-refractivity contribution in [3.8, 4) is 6.01 Å². The van der Waals surface area contributed by atoms with Gasteiger partial charge in [-0.15, -0.1) is 0 Å². The standard InChI is InChI=1S/C17H17FN2O4/c1-4-11-8-13(21)24-16-14(11)15(22)19-17(20-16)23-9-10(3)6-7-12(18)5-2/h5-8H,2,4,9H2,1,3H3,(H,19,20,22)/b10-6+,12-7+. The van der Waals surface area contributed by atoms with E-state index < -0.39 is 17.0 Å². The summed E-state index contributed by atoms with van der Waals surface area (Å²) in [6, 6.07) is 1.19. The van der Waals surface area contributed by atoms with Crippen molar-refractivity contribution < 1.29 is 13.5 Å². The first-order valence-corrected chi connectivity index (χ1v) is 7.29. The van der Waals surface area contributed by atoms with Gasteiger partial charge in [-0.1, -0.05) is 19.6 Å². The molecule has 0 bridgehead atoms. The number of rotatable bonds is 6. The lowest BCUT2D eigenvalue weighted by atomic mass is 10.1. The first-order valence-electron chi connectivity index (χ1n) is 7.29. The number of aromatic nitrogens is 2. The van der Waals surface area contributed by atoms with Crippen molar-refractivity contribution in [3.05, 3.63) is 68.6 Å². The second kappa shape index (κ2) is 7.54. The molecular weight excluding hydrogens is 315 g/mol. The molecule has 2 heterocycles. The van der Waals surface area contributed by atoms with Gasteiger partial charge in [0, 0.05) is 6.07 Å². The van der Waals surface area contributed by atoms with Crippen molar-refractivity contribution in [3.63, 3.8) is 0 Å². The van der Waals surface area contributed by atoms with Crippen molar-refractivity contribution in [2.45, 2.75) is 20.3 Å². The fraction of sp³-hybridized carbons (Fsp3) is 0.235. The Labute approximate surface area is 137 Å². The Hall–Kier alpha value is -2.96. The molecule has 0 atom stereocenters. The number of nitrogens with zero attached hydrogens (tertiary/aromatic N) is 1. The number of aryl methyl sites for hydroxylation is 1. The van der Waals surface area contributed by atoms with E-state index in [-0.39, 0.29) is 23.7 Å². The average Bonchev–Trinajstić information content (AvgIpc) is 2.56. The molecule has 0 radical (unpaired) electrons. The fourth-order valence-electron chi connectivity index (χ4n) is 2.00. The van der Waals surface area contributed by atoms with Gasteiger partial charge in [-0.25, -0.2) is 9.18 Å². The molecule has 0 saturated heterocycles. The second-order valence-corrected chi connectivity index (χ2v) is 5.05. The molecule has 2 aromatic heterocycles. The summed E-state index contributed by atoms with van der Waals surface area (Å²) >= 11 is 0. The number of hydrogen-bond donors (Lipinski definition) is 1. The summed E-state index contributed by atoms with van der Waals surface area (Å²) in [6.07, 6.45) is 4.34. The quantitative estimate of drug-likeness (QED) is 0.822. The highest BCUT2D eigenvalue weighted by molar-refractivity contribution is 5.75. The normalized spacial score (nSPS) is 12.5. The minimum Gasteiger partial charge on any atom is -0.460 e. The van der Waals surface area contributed by atoms with Gasteiger partial charge in [0.25, 0.3) is 11.6 Å².